The Morgan fingerprint density at radius 3 is 2.55 bits per heavy atom. The molecule has 1 aromatic heterocycles. The molecule has 0 saturated carbocycles. The van der Waals surface area contributed by atoms with Crippen molar-refractivity contribution >= 4 is 11.7 Å². The SMILES string of the molecule is COc1ccc(F)cc1C(=O)NCc1ccc(-c2nn(CCC(F)(F)F)c(N)c2C#N)cc1. The van der Waals surface area contributed by atoms with E-state index in [1.54, 1.807) is 24.3 Å². The summed E-state index contributed by atoms with van der Waals surface area (Å²) in [4.78, 5) is 12.4. The predicted molar refractivity (Wildman–Crippen MR) is 112 cm³/mol. The molecule has 0 aliphatic rings. The lowest BCUT2D eigenvalue weighted by atomic mass is 10.1. The molecular formula is C22H19F4N5O2. The van der Waals surface area contributed by atoms with Crippen molar-refractivity contribution in [2.45, 2.75) is 25.7 Å². The Bertz CT molecular complexity index is 1200. The van der Waals surface area contributed by atoms with E-state index in [0.717, 1.165) is 10.7 Å². The molecule has 2 aromatic carbocycles. The number of nitrogen functional groups attached to an aromatic ring is 1. The smallest absolute Gasteiger partial charge is 0.390 e. The molecule has 0 aliphatic carbocycles. The fourth-order valence-electron chi connectivity index (χ4n) is 3.11. The van der Waals surface area contributed by atoms with E-state index in [2.05, 4.69) is 10.4 Å². The third-order valence-corrected chi connectivity index (χ3v) is 4.80. The molecule has 0 radical (unpaired) electrons. The van der Waals surface area contributed by atoms with Gasteiger partial charge in [-0.05, 0) is 23.8 Å². The second-order valence-corrected chi connectivity index (χ2v) is 7.03. The number of halogens is 4. The van der Waals surface area contributed by atoms with Gasteiger partial charge in [-0.2, -0.15) is 23.5 Å². The first kappa shape index (κ1) is 23.6. The Kier molecular flexibility index (Phi) is 6.86. The number of carbonyl (C=O) groups is 1. The van der Waals surface area contributed by atoms with Gasteiger partial charge in [0.1, 0.15) is 34.7 Å². The van der Waals surface area contributed by atoms with E-state index in [0.29, 0.717) is 11.1 Å². The number of hydrogen-bond donors (Lipinski definition) is 2. The van der Waals surface area contributed by atoms with Gasteiger partial charge in [-0.3, -0.25) is 4.79 Å². The number of benzene rings is 2. The number of nitrogens with zero attached hydrogens (tertiary/aromatic N) is 3. The van der Waals surface area contributed by atoms with Crippen molar-refractivity contribution < 1.29 is 27.1 Å². The molecule has 7 nitrogen and oxygen atoms in total. The monoisotopic (exact) mass is 461 g/mol. The molecule has 11 heteroatoms. The highest BCUT2D eigenvalue weighted by molar-refractivity contribution is 5.96. The zero-order chi connectivity index (χ0) is 24.2. The molecule has 0 saturated heterocycles. The van der Waals surface area contributed by atoms with Crippen LogP contribution in [-0.2, 0) is 13.1 Å². The van der Waals surface area contributed by atoms with Crippen LogP contribution >= 0.6 is 0 Å². The van der Waals surface area contributed by atoms with Gasteiger partial charge < -0.3 is 15.8 Å². The van der Waals surface area contributed by atoms with E-state index in [1.165, 1.54) is 19.2 Å². The van der Waals surface area contributed by atoms with Gasteiger partial charge in [0.2, 0.25) is 0 Å². The Balaban J connectivity index is 1.74. The summed E-state index contributed by atoms with van der Waals surface area (Å²) in [5, 5.41) is 16.1. The summed E-state index contributed by atoms with van der Waals surface area (Å²) in [5.74, 6) is -1.02. The van der Waals surface area contributed by atoms with Gasteiger partial charge in [0, 0.05) is 12.1 Å². The number of carbonyl (C=O) groups excluding carboxylic acids is 1. The fourth-order valence-corrected chi connectivity index (χ4v) is 3.11. The number of ether oxygens (including phenoxy) is 1. The number of aromatic nitrogens is 2. The van der Waals surface area contributed by atoms with E-state index < -0.39 is 30.9 Å². The third kappa shape index (κ3) is 5.60. The second kappa shape index (κ2) is 9.60. The van der Waals surface area contributed by atoms with E-state index in [-0.39, 0.29) is 34.9 Å². The molecule has 3 aromatic rings. The average molecular weight is 461 g/mol. The highest BCUT2D eigenvalue weighted by Crippen LogP contribution is 2.28. The van der Waals surface area contributed by atoms with Crippen LogP contribution in [0.5, 0.6) is 5.75 Å². The van der Waals surface area contributed by atoms with Crippen molar-refractivity contribution in [2.24, 2.45) is 0 Å². The predicted octanol–water partition coefficient (Wildman–Crippen LogP) is 4.03. The zero-order valence-corrected chi connectivity index (χ0v) is 17.4. The minimum absolute atomic E-state index is 0.0172. The Hall–Kier alpha value is -4.07. The van der Waals surface area contributed by atoms with E-state index in [1.807, 2.05) is 6.07 Å². The molecular weight excluding hydrogens is 442 g/mol. The van der Waals surface area contributed by atoms with Gasteiger partial charge in [0.25, 0.3) is 5.91 Å². The van der Waals surface area contributed by atoms with Crippen molar-refractivity contribution in [2.75, 3.05) is 12.8 Å². The highest BCUT2D eigenvalue weighted by Gasteiger charge is 2.28. The first-order chi connectivity index (χ1) is 15.6. The number of aryl methyl sites for hydroxylation is 1. The van der Waals surface area contributed by atoms with Crippen LogP contribution in [0.3, 0.4) is 0 Å². The maximum absolute atomic E-state index is 13.5. The number of hydrogen-bond acceptors (Lipinski definition) is 5. The Morgan fingerprint density at radius 1 is 1.24 bits per heavy atom. The maximum atomic E-state index is 13.5. The molecule has 0 bridgehead atoms. The van der Waals surface area contributed by atoms with Crippen LogP contribution in [0, 0.1) is 17.1 Å². The van der Waals surface area contributed by atoms with Crippen LogP contribution in [0.2, 0.25) is 0 Å². The lowest BCUT2D eigenvalue weighted by molar-refractivity contribution is -0.137. The van der Waals surface area contributed by atoms with Crippen LogP contribution in [0.25, 0.3) is 11.3 Å². The second-order valence-electron chi connectivity index (χ2n) is 7.03. The molecule has 1 heterocycles. The first-order valence-electron chi connectivity index (χ1n) is 9.67. The number of nitriles is 1. The van der Waals surface area contributed by atoms with Gasteiger partial charge in [0.05, 0.1) is 25.6 Å². The van der Waals surface area contributed by atoms with Crippen LogP contribution < -0.4 is 15.8 Å². The summed E-state index contributed by atoms with van der Waals surface area (Å²) in [7, 11) is 1.37. The van der Waals surface area contributed by atoms with Crippen molar-refractivity contribution in [3.8, 4) is 23.1 Å². The van der Waals surface area contributed by atoms with Crippen molar-refractivity contribution in [3.05, 3.63) is 65.0 Å². The minimum atomic E-state index is -4.38. The molecule has 1 amide bonds. The van der Waals surface area contributed by atoms with Crippen LogP contribution in [0.15, 0.2) is 42.5 Å². The lowest BCUT2D eigenvalue weighted by Crippen LogP contribution is -2.23. The molecule has 0 unspecified atom stereocenters. The number of anilines is 1. The number of alkyl halides is 3. The van der Waals surface area contributed by atoms with E-state index >= 15 is 0 Å². The molecule has 0 atom stereocenters. The average Bonchev–Trinajstić information content (AvgIpc) is 3.11. The van der Waals surface area contributed by atoms with Crippen molar-refractivity contribution in [3.63, 3.8) is 0 Å². The number of methoxy groups -OCH3 is 1. The van der Waals surface area contributed by atoms with Crippen LogP contribution in [-0.4, -0.2) is 29.0 Å². The van der Waals surface area contributed by atoms with Crippen LogP contribution in [0.1, 0.15) is 27.9 Å². The molecule has 0 spiro atoms. The largest absolute Gasteiger partial charge is 0.496 e. The highest BCUT2D eigenvalue weighted by atomic mass is 19.4. The summed E-state index contributed by atoms with van der Waals surface area (Å²) in [5.41, 5.74) is 7.17. The summed E-state index contributed by atoms with van der Waals surface area (Å²) < 4.78 is 57.1. The number of amides is 1. The summed E-state index contributed by atoms with van der Waals surface area (Å²) >= 11 is 0. The quantitative estimate of drug-likeness (QED) is 0.517. The molecule has 33 heavy (non-hydrogen) atoms. The third-order valence-electron chi connectivity index (χ3n) is 4.80. The molecule has 0 aliphatic heterocycles. The van der Waals surface area contributed by atoms with Crippen molar-refractivity contribution in [1.82, 2.24) is 15.1 Å². The Labute approximate surface area is 186 Å². The minimum Gasteiger partial charge on any atom is -0.496 e. The van der Waals surface area contributed by atoms with Gasteiger partial charge >= 0.3 is 6.18 Å². The summed E-state index contributed by atoms with van der Waals surface area (Å²) in [6, 6.07) is 12.0. The fraction of sp³-hybridized carbons (Fsp3) is 0.227. The summed E-state index contributed by atoms with van der Waals surface area (Å²) in [6.45, 7) is -0.385. The van der Waals surface area contributed by atoms with Crippen LogP contribution in [0.4, 0.5) is 23.4 Å². The normalized spacial score (nSPS) is 11.2. The van der Waals surface area contributed by atoms with Crippen molar-refractivity contribution in [1.29, 1.82) is 5.26 Å². The molecule has 3 N–H and O–H groups in total. The van der Waals surface area contributed by atoms with Gasteiger partial charge in [0.15, 0.2) is 0 Å². The molecule has 3 rings (SSSR count). The molecule has 0 fully saturated rings. The van der Waals surface area contributed by atoms with Gasteiger partial charge in [-0.25, -0.2) is 9.07 Å². The zero-order valence-electron chi connectivity index (χ0n) is 17.4. The van der Waals surface area contributed by atoms with Gasteiger partial charge in [-0.15, -0.1) is 0 Å². The standard InChI is InChI=1S/C22H19F4N5O2/c1-33-18-7-6-15(23)10-16(18)21(32)29-12-13-2-4-14(5-3-13)19-17(11-27)20(28)31(30-19)9-8-22(24,25)26/h2-7,10H,8-9,12,28H2,1H3,(H,29,32). The van der Waals surface area contributed by atoms with E-state index in [9.17, 15) is 27.6 Å². The number of nitrogens with one attached hydrogen (secondary N) is 1. The van der Waals surface area contributed by atoms with E-state index in [4.69, 9.17) is 10.5 Å². The lowest BCUT2D eigenvalue weighted by Gasteiger charge is -2.10. The first-order valence-corrected chi connectivity index (χ1v) is 9.67. The summed E-state index contributed by atoms with van der Waals surface area (Å²) in [6.07, 6.45) is -5.51. The number of nitrogens with two attached hydrogens (primary N) is 1. The maximum Gasteiger partial charge on any atom is 0.390 e. The topological polar surface area (TPSA) is 106 Å². The Morgan fingerprint density at radius 2 is 1.94 bits per heavy atom. The number of rotatable bonds is 7. The van der Waals surface area contributed by atoms with Gasteiger partial charge in [-0.1, -0.05) is 24.3 Å². The molecule has 172 valence electrons.